The minimum atomic E-state index is -0.687. The van der Waals surface area contributed by atoms with Gasteiger partial charge in [-0.2, -0.15) is 0 Å². The van der Waals surface area contributed by atoms with Gasteiger partial charge in [-0.1, -0.05) is 45.2 Å². The summed E-state index contributed by atoms with van der Waals surface area (Å²) >= 11 is 15.4. The highest BCUT2D eigenvalue weighted by Crippen LogP contribution is 2.24. The van der Waals surface area contributed by atoms with Crippen molar-refractivity contribution in [3.8, 4) is 5.75 Å². The zero-order valence-corrected chi connectivity index (χ0v) is 19.5. The van der Waals surface area contributed by atoms with Crippen LogP contribution in [0.25, 0.3) is 0 Å². The third-order valence-corrected chi connectivity index (χ3v) is 5.38. The van der Waals surface area contributed by atoms with Crippen LogP contribution in [0.2, 0.25) is 10.0 Å². The second-order valence-corrected chi connectivity index (χ2v) is 8.58. The third-order valence-electron chi connectivity index (χ3n) is 4.11. The fraction of sp³-hybridized carbons (Fsp3) is 0.333. The zero-order valence-electron chi connectivity index (χ0n) is 16.4. The predicted molar refractivity (Wildman–Crippen MR) is 119 cm³/mol. The Hall–Kier alpha value is -1.76. The van der Waals surface area contributed by atoms with Crippen LogP contribution in [0.4, 0.5) is 0 Å². The quantitative estimate of drug-likeness (QED) is 0.548. The number of rotatable bonds is 8. The summed E-state index contributed by atoms with van der Waals surface area (Å²) in [5.41, 5.74) is 0.764. The lowest BCUT2D eigenvalue weighted by Gasteiger charge is -2.29. The van der Waals surface area contributed by atoms with E-state index in [4.69, 9.17) is 27.9 Å². The molecule has 0 saturated heterocycles. The number of nitrogens with one attached hydrogen (secondary N) is 1. The van der Waals surface area contributed by atoms with Crippen molar-refractivity contribution >= 4 is 50.9 Å². The maximum Gasteiger partial charge on any atom is 0.261 e. The molecule has 5 nitrogen and oxygen atoms in total. The molecule has 0 aliphatic carbocycles. The molecule has 0 unspecified atom stereocenters. The second kappa shape index (κ2) is 10.9. The molecule has 0 heterocycles. The molecule has 0 aliphatic heterocycles. The van der Waals surface area contributed by atoms with E-state index in [0.29, 0.717) is 15.8 Å². The van der Waals surface area contributed by atoms with Crippen LogP contribution in [0.5, 0.6) is 5.75 Å². The molecule has 0 aliphatic rings. The summed E-state index contributed by atoms with van der Waals surface area (Å²) in [4.78, 5) is 26.9. The number of halogens is 3. The van der Waals surface area contributed by atoms with Gasteiger partial charge in [0.1, 0.15) is 11.8 Å². The van der Waals surface area contributed by atoms with Gasteiger partial charge in [0.2, 0.25) is 5.91 Å². The van der Waals surface area contributed by atoms with Gasteiger partial charge in [-0.15, -0.1) is 0 Å². The van der Waals surface area contributed by atoms with Gasteiger partial charge in [-0.25, -0.2) is 0 Å². The average molecular weight is 502 g/mol. The van der Waals surface area contributed by atoms with E-state index >= 15 is 0 Å². The first-order chi connectivity index (χ1) is 13.7. The van der Waals surface area contributed by atoms with Gasteiger partial charge in [-0.3, -0.25) is 9.59 Å². The van der Waals surface area contributed by atoms with Crippen LogP contribution in [0.15, 0.2) is 46.9 Å². The van der Waals surface area contributed by atoms with Gasteiger partial charge in [0.15, 0.2) is 6.61 Å². The molecule has 2 rings (SSSR count). The highest BCUT2D eigenvalue weighted by Gasteiger charge is 2.27. The van der Waals surface area contributed by atoms with E-state index < -0.39 is 6.04 Å². The van der Waals surface area contributed by atoms with Crippen LogP contribution < -0.4 is 10.1 Å². The van der Waals surface area contributed by atoms with Crippen LogP contribution >= 0.6 is 39.1 Å². The highest BCUT2D eigenvalue weighted by molar-refractivity contribution is 9.10. The van der Waals surface area contributed by atoms with E-state index in [1.54, 1.807) is 37.3 Å². The van der Waals surface area contributed by atoms with E-state index in [-0.39, 0.29) is 31.0 Å². The molecule has 29 heavy (non-hydrogen) atoms. The zero-order chi connectivity index (χ0) is 21.6. The molecule has 0 bridgehead atoms. The van der Waals surface area contributed by atoms with E-state index in [1.165, 1.54) is 4.90 Å². The van der Waals surface area contributed by atoms with Crippen molar-refractivity contribution in [1.82, 2.24) is 10.2 Å². The molecule has 2 aromatic carbocycles. The average Bonchev–Trinajstić information content (AvgIpc) is 2.67. The van der Waals surface area contributed by atoms with Crippen LogP contribution in [-0.2, 0) is 16.1 Å². The van der Waals surface area contributed by atoms with Crippen molar-refractivity contribution in [1.29, 1.82) is 0 Å². The van der Waals surface area contributed by atoms with E-state index in [9.17, 15) is 9.59 Å². The van der Waals surface area contributed by atoms with Crippen molar-refractivity contribution in [3.05, 3.63) is 62.5 Å². The van der Waals surface area contributed by atoms with E-state index in [2.05, 4.69) is 21.2 Å². The Kier molecular flexibility index (Phi) is 8.80. The lowest BCUT2D eigenvalue weighted by molar-refractivity contribution is -0.142. The lowest BCUT2D eigenvalue weighted by Crippen LogP contribution is -2.50. The summed E-state index contributed by atoms with van der Waals surface area (Å²) in [6.07, 6.45) is 0. The summed E-state index contributed by atoms with van der Waals surface area (Å²) in [6, 6.07) is 11.6. The van der Waals surface area contributed by atoms with Gasteiger partial charge in [0.25, 0.3) is 5.91 Å². The Bertz CT molecular complexity index is 860. The number of carbonyl (C=O) groups excluding carboxylic acids is 2. The molecule has 156 valence electrons. The third kappa shape index (κ3) is 7.21. The maximum atomic E-state index is 12.9. The molecule has 0 saturated carbocycles. The number of ether oxygens (including phenoxy) is 1. The molecule has 8 heteroatoms. The summed E-state index contributed by atoms with van der Waals surface area (Å²) in [5.74, 6) is 0.0118. The minimum absolute atomic E-state index is 0.0362. The predicted octanol–water partition coefficient (Wildman–Crippen LogP) is 5.08. The molecular weight excluding hydrogens is 479 g/mol. The first-order valence-corrected chi connectivity index (χ1v) is 10.6. The number of amides is 2. The number of hydrogen-bond donors (Lipinski definition) is 1. The molecule has 2 amide bonds. The minimum Gasteiger partial charge on any atom is -0.484 e. The summed E-state index contributed by atoms with van der Waals surface area (Å²) in [7, 11) is 0. The summed E-state index contributed by atoms with van der Waals surface area (Å²) < 4.78 is 6.52. The molecule has 0 radical (unpaired) electrons. The first kappa shape index (κ1) is 23.5. The van der Waals surface area contributed by atoms with Gasteiger partial charge in [-0.05, 0) is 62.7 Å². The fourth-order valence-electron chi connectivity index (χ4n) is 2.58. The van der Waals surface area contributed by atoms with Gasteiger partial charge >= 0.3 is 0 Å². The summed E-state index contributed by atoms with van der Waals surface area (Å²) in [6.45, 7) is 5.43. The Labute approximate surface area is 189 Å². The van der Waals surface area contributed by atoms with Crippen molar-refractivity contribution < 1.29 is 14.3 Å². The topological polar surface area (TPSA) is 58.6 Å². The van der Waals surface area contributed by atoms with Crippen molar-refractivity contribution in [2.45, 2.75) is 39.4 Å². The molecule has 1 N–H and O–H groups in total. The SMILES string of the molecule is CC(C)NC(=O)[C@H](C)N(Cc1ccc(Cl)c(Cl)c1)C(=O)COc1ccc(Br)cc1. The fourth-order valence-corrected chi connectivity index (χ4v) is 3.17. The number of nitrogens with zero attached hydrogens (tertiary/aromatic N) is 1. The molecule has 0 aromatic heterocycles. The second-order valence-electron chi connectivity index (χ2n) is 6.85. The summed E-state index contributed by atoms with van der Waals surface area (Å²) in [5, 5.41) is 3.66. The molecule has 0 fully saturated rings. The van der Waals surface area contributed by atoms with Crippen molar-refractivity contribution in [3.63, 3.8) is 0 Å². The van der Waals surface area contributed by atoms with E-state index in [0.717, 1.165) is 10.0 Å². The molecular formula is C21H23BrCl2N2O3. The van der Waals surface area contributed by atoms with Gasteiger partial charge in [0.05, 0.1) is 10.0 Å². The van der Waals surface area contributed by atoms with Gasteiger partial charge < -0.3 is 15.0 Å². The van der Waals surface area contributed by atoms with E-state index in [1.807, 2.05) is 26.0 Å². The highest BCUT2D eigenvalue weighted by atomic mass is 79.9. The number of hydrogen-bond acceptors (Lipinski definition) is 3. The number of carbonyl (C=O) groups is 2. The van der Waals surface area contributed by atoms with Crippen molar-refractivity contribution in [2.24, 2.45) is 0 Å². The Morgan fingerprint density at radius 1 is 1.07 bits per heavy atom. The van der Waals surface area contributed by atoms with Crippen molar-refractivity contribution in [2.75, 3.05) is 6.61 Å². The lowest BCUT2D eigenvalue weighted by atomic mass is 10.1. The van der Waals surface area contributed by atoms with Gasteiger partial charge in [0, 0.05) is 17.1 Å². The Morgan fingerprint density at radius 3 is 2.31 bits per heavy atom. The maximum absolute atomic E-state index is 12.9. The van der Waals surface area contributed by atoms with Crippen LogP contribution in [0.1, 0.15) is 26.3 Å². The monoisotopic (exact) mass is 500 g/mol. The smallest absolute Gasteiger partial charge is 0.261 e. The largest absolute Gasteiger partial charge is 0.484 e. The van der Waals surface area contributed by atoms with Crippen LogP contribution in [0, 0.1) is 0 Å². The normalized spacial score (nSPS) is 11.8. The number of benzene rings is 2. The van der Waals surface area contributed by atoms with Crippen LogP contribution in [0.3, 0.4) is 0 Å². The van der Waals surface area contributed by atoms with Crippen LogP contribution in [-0.4, -0.2) is 35.4 Å². The Balaban J connectivity index is 2.17. The molecule has 0 spiro atoms. The molecule has 2 aromatic rings. The molecule has 1 atom stereocenters. The standard InChI is InChI=1S/C21H23BrCl2N2O3/c1-13(2)25-21(28)14(3)26(11-15-4-9-18(23)19(24)10-15)20(27)12-29-17-7-5-16(22)6-8-17/h4-10,13-14H,11-12H2,1-3H3,(H,25,28)/t14-/m0/s1. The first-order valence-electron chi connectivity index (χ1n) is 9.09. The Morgan fingerprint density at radius 2 is 1.72 bits per heavy atom.